The first-order valence-electron chi connectivity index (χ1n) is 8.39. The number of halogens is 3. The maximum Gasteiger partial charge on any atom is 0.251 e. The topological polar surface area (TPSA) is 64.4 Å². The predicted octanol–water partition coefficient (Wildman–Crippen LogP) is 4.02. The van der Waals surface area contributed by atoms with Crippen LogP contribution >= 0.6 is 11.6 Å². The van der Waals surface area contributed by atoms with E-state index < -0.39 is 23.3 Å². The number of aromatic nitrogens is 1. The number of aryl methyl sites for hydroxylation is 2. The summed E-state index contributed by atoms with van der Waals surface area (Å²) in [6, 6.07) is 3.79. The number of nitrogens with one attached hydrogen (secondary N) is 1. The first kappa shape index (κ1) is 20.2. The molecule has 8 heteroatoms. The zero-order valence-electron chi connectivity index (χ0n) is 14.5. The maximum atomic E-state index is 14.0. The molecular formula is C18H21ClF2N2O3. The number of ether oxygens (including phenoxy) is 1. The van der Waals surface area contributed by atoms with Gasteiger partial charge in [-0.05, 0) is 38.3 Å². The van der Waals surface area contributed by atoms with Crippen molar-refractivity contribution in [2.24, 2.45) is 0 Å². The van der Waals surface area contributed by atoms with Crippen LogP contribution in [0.1, 0.15) is 41.1 Å². The van der Waals surface area contributed by atoms with Crippen LogP contribution in [0.5, 0.6) is 5.75 Å². The molecule has 1 amide bonds. The summed E-state index contributed by atoms with van der Waals surface area (Å²) >= 11 is 5.46. The molecular weight excluding hydrogens is 366 g/mol. The van der Waals surface area contributed by atoms with E-state index >= 15 is 0 Å². The number of nitrogens with zero attached hydrogens (tertiary/aromatic N) is 1. The molecule has 0 radical (unpaired) electrons. The lowest BCUT2D eigenvalue weighted by atomic mass is 10.1. The Bertz CT molecular complexity index is 714. The summed E-state index contributed by atoms with van der Waals surface area (Å²) in [7, 11) is 0. The van der Waals surface area contributed by atoms with Gasteiger partial charge < -0.3 is 14.6 Å². The van der Waals surface area contributed by atoms with Gasteiger partial charge in [-0.1, -0.05) is 5.16 Å². The molecule has 5 nitrogen and oxygen atoms in total. The third kappa shape index (κ3) is 5.98. The second-order valence-electron chi connectivity index (χ2n) is 5.81. The lowest BCUT2D eigenvalue weighted by molar-refractivity contribution is 0.0955. The van der Waals surface area contributed by atoms with Crippen LogP contribution in [-0.4, -0.2) is 30.1 Å². The number of carbonyl (C=O) groups is 1. The first-order chi connectivity index (χ1) is 12.5. The highest BCUT2D eigenvalue weighted by Crippen LogP contribution is 2.24. The summed E-state index contributed by atoms with van der Waals surface area (Å²) in [5.41, 5.74) is 0.730. The Morgan fingerprint density at radius 2 is 1.96 bits per heavy atom. The van der Waals surface area contributed by atoms with Gasteiger partial charge in [0.2, 0.25) is 0 Å². The van der Waals surface area contributed by atoms with Gasteiger partial charge in [0, 0.05) is 30.5 Å². The summed E-state index contributed by atoms with van der Waals surface area (Å²) in [6.45, 7) is 2.26. The number of carbonyl (C=O) groups excluding carboxylic acids is 1. The van der Waals surface area contributed by atoms with Gasteiger partial charge in [-0.25, -0.2) is 8.78 Å². The van der Waals surface area contributed by atoms with Crippen molar-refractivity contribution in [1.82, 2.24) is 10.5 Å². The van der Waals surface area contributed by atoms with Crippen molar-refractivity contribution in [1.29, 1.82) is 0 Å². The van der Waals surface area contributed by atoms with Crippen molar-refractivity contribution in [3.8, 4) is 5.75 Å². The van der Waals surface area contributed by atoms with E-state index in [4.69, 9.17) is 20.9 Å². The van der Waals surface area contributed by atoms with Gasteiger partial charge in [-0.3, -0.25) is 4.79 Å². The van der Waals surface area contributed by atoms with Gasteiger partial charge in [-0.15, -0.1) is 11.6 Å². The molecule has 0 aliphatic rings. The third-order valence-electron chi connectivity index (χ3n) is 3.63. The molecule has 142 valence electrons. The molecule has 1 heterocycles. The highest BCUT2D eigenvalue weighted by molar-refractivity contribution is 6.18. The quantitative estimate of drug-likeness (QED) is 0.494. The van der Waals surface area contributed by atoms with E-state index in [1.54, 1.807) is 0 Å². The predicted molar refractivity (Wildman–Crippen MR) is 93.7 cm³/mol. The Morgan fingerprint density at radius 1 is 1.23 bits per heavy atom. The van der Waals surface area contributed by atoms with E-state index in [0.717, 1.165) is 42.8 Å². The van der Waals surface area contributed by atoms with E-state index in [2.05, 4.69) is 10.5 Å². The van der Waals surface area contributed by atoms with Crippen LogP contribution in [0.15, 0.2) is 22.7 Å². The number of benzene rings is 1. The molecule has 1 N–H and O–H groups in total. The molecule has 0 aliphatic heterocycles. The highest BCUT2D eigenvalue weighted by atomic mass is 35.5. The molecule has 0 spiro atoms. The summed E-state index contributed by atoms with van der Waals surface area (Å²) < 4.78 is 38.3. The molecule has 2 aromatic rings. The highest BCUT2D eigenvalue weighted by Gasteiger charge is 2.16. The van der Waals surface area contributed by atoms with Crippen LogP contribution in [0.25, 0.3) is 0 Å². The van der Waals surface area contributed by atoms with Gasteiger partial charge in [0.05, 0.1) is 12.3 Å². The van der Waals surface area contributed by atoms with Crippen molar-refractivity contribution < 1.29 is 22.8 Å². The van der Waals surface area contributed by atoms with Crippen molar-refractivity contribution >= 4 is 17.5 Å². The van der Waals surface area contributed by atoms with E-state index in [9.17, 15) is 13.6 Å². The van der Waals surface area contributed by atoms with Crippen LogP contribution in [0.4, 0.5) is 8.78 Å². The van der Waals surface area contributed by atoms with E-state index in [-0.39, 0.29) is 24.6 Å². The number of amides is 1. The van der Waals surface area contributed by atoms with Gasteiger partial charge in [0.1, 0.15) is 5.76 Å². The summed E-state index contributed by atoms with van der Waals surface area (Å²) in [5, 5.41) is 6.26. The minimum Gasteiger partial charge on any atom is -0.488 e. The van der Waals surface area contributed by atoms with Gasteiger partial charge in [0.25, 0.3) is 5.91 Å². The normalized spacial score (nSPS) is 10.8. The number of unbranched alkanes of at least 4 members (excludes halogenated alkanes) is 2. The van der Waals surface area contributed by atoms with E-state index in [1.165, 1.54) is 0 Å². The Kier molecular flexibility index (Phi) is 7.84. The fourth-order valence-electron chi connectivity index (χ4n) is 2.38. The average molecular weight is 387 g/mol. The molecule has 0 unspecified atom stereocenters. The Morgan fingerprint density at radius 3 is 2.58 bits per heavy atom. The Hall–Kier alpha value is -2.15. The lowest BCUT2D eigenvalue weighted by Crippen LogP contribution is -2.25. The number of alkyl halides is 1. The van der Waals surface area contributed by atoms with Crippen LogP contribution in [0.2, 0.25) is 0 Å². The Labute approximate surface area is 155 Å². The molecule has 0 saturated carbocycles. The molecule has 0 saturated heterocycles. The number of hydrogen-bond acceptors (Lipinski definition) is 4. The monoisotopic (exact) mass is 386 g/mol. The minimum atomic E-state index is -0.904. The van der Waals surface area contributed by atoms with E-state index in [1.807, 2.05) is 13.0 Å². The summed E-state index contributed by atoms with van der Waals surface area (Å²) in [5.74, 6) is -1.82. The zero-order chi connectivity index (χ0) is 18.9. The second-order valence-corrected chi connectivity index (χ2v) is 6.19. The van der Waals surface area contributed by atoms with Crippen molar-refractivity contribution in [2.75, 3.05) is 19.0 Å². The molecule has 0 aliphatic carbocycles. The maximum absolute atomic E-state index is 14.0. The molecule has 1 aromatic heterocycles. The molecule has 1 aromatic carbocycles. The molecule has 26 heavy (non-hydrogen) atoms. The van der Waals surface area contributed by atoms with Crippen molar-refractivity contribution in [3.63, 3.8) is 0 Å². The third-order valence-corrected chi connectivity index (χ3v) is 3.82. The smallest absolute Gasteiger partial charge is 0.251 e. The fraction of sp³-hybridized carbons (Fsp3) is 0.444. The van der Waals surface area contributed by atoms with Crippen molar-refractivity contribution in [3.05, 3.63) is 46.9 Å². The number of hydrogen-bond donors (Lipinski definition) is 1. The van der Waals surface area contributed by atoms with Crippen LogP contribution < -0.4 is 10.1 Å². The SMILES string of the molecule is Cc1cc(CCCCCOc2c(F)cc(C(=O)NCCCl)cc2F)on1. The Balaban J connectivity index is 1.77. The van der Waals surface area contributed by atoms with Gasteiger partial charge in [0.15, 0.2) is 17.4 Å². The summed E-state index contributed by atoms with van der Waals surface area (Å²) in [4.78, 5) is 11.7. The summed E-state index contributed by atoms with van der Waals surface area (Å²) in [6.07, 6.45) is 3.09. The van der Waals surface area contributed by atoms with Crippen LogP contribution in [0, 0.1) is 18.6 Å². The largest absolute Gasteiger partial charge is 0.488 e. The fourth-order valence-corrected chi connectivity index (χ4v) is 2.47. The molecule has 2 rings (SSSR count). The van der Waals surface area contributed by atoms with Crippen LogP contribution in [0.3, 0.4) is 0 Å². The van der Waals surface area contributed by atoms with Gasteiger partial charge in [-0.2, -0.15) is 0 Å². The van der Waals surface area contributed by atoms with Gasteiger partial charge >= 0.3 is 0 Å². The zero-order valence-corrected chi connectivity index (χ0v) is 15.2. The molecule has 0 atom stereocenters. The lowest BCUT2D eigenvalue weighted by Gasteiger charge is -2.10. The molecule has 0 fully saturated rings. The number of rotatable bonds is 10. The first-order valence-corrected chi connectivity index (χ1v) is 8.93. The van der Waals surface area contributed by atoms with E-state index in [0.29, 0.717) is 6.42 Å². The standard InChI is InChI=1S/C18H21ClF2N2O3/c1-12-9-14(26-23-12)5-3-2-4-8-25-17-15(20)10-13(11-16(17)21)18(24)22-7-6-19/h9-11H,2-8H2,1H3,(H,22,24). The van der Waals surface area contributed by atoms with Crippen LogP contribution in [-0.2, 0) is 6.42 Å². The second kappa shape index (κ2) is 10.1. The molecule has 0 bridgehead atoms. The average Bonchev–Trinajstić information content (AvgIpc) is 3.02. The minimum absolute atomic E-state index is 0.111. The van der Waals surface area contributed by atoms with Crippen molar-refractivity contribution in [2.45, 2.75) is 32.6 Å².